The Bertz CT molecular complexity index is 1130. The molecule has 1 heterocycles. The van der Waals surface area contributed by atoms with Crippen molar-refractivity contribution in [1.82, 2.24) is 10.2 Å². The van der Waals surface area contributed by atoms with Gasteiger partial charge in [-0.15, -0.1) is 10.2 Å². The topological polar surface area (TPSA) is 98.3 Å². The number of para-hydroxylation sites is 1. The number of amides is 1. The highest BCUT2D eigenvalue weighted by molar-refractivity contribution is 7.92. The number of hydrogen-bond acceptors (Lipinski definition) is 7. The van der Waals surface area contributed by atoms with Crippen molar-refractivity contribution in [3.05, 3.63) is 65.5 Å². The van der Waals surface area contributed by atoms with E-state index in [4.69, 9.17) is 4.74 Å². The zero-order valence-electron chi connectivity index (χ0n) is 15.6. The predicted octanol–water partition coefficient (Wildman–Crippen LogP) is 3.37. The number of carbonyl (C=O) groups is 1. The lowest BCUT2D eigenvalue weighted by molar-refractivity contribution is -0.122. The molecule has 0 aliphatic rings. The molecule has 0 spiro atoms. The smallest absolute Gasteiger partial charge is 0.266 e. The summed E-state index contributed by atoms with van der Waals surface area (Å²) >= 11 is 0.747. The highest BCUT2D eigenvalue weighted by Gasteiger charge is 2.23. The van der Waals surface area contributed by atoms with Crippen molar-refractivity contribution >= 4 is 32.2 Å². The monoisotopic (exact) mass is 435 g/mol. The van der Waals surface area contributed by atoms with Crippen LogP contribution in [0, 0.1) is 12.7 Å². The molecule has 0 radical (unpaired) electrons. The molecule has 1 aromatic heterocycles. The summed E-state index contributed by atoms with van der Waals surface area (Å²) < 4.78 is 43.8. The van der Waals surface area contributed by atoms with E-state index in [1.54, 1.807) is 24.3 Å². The second kappa shape index (κ2) is 8.66. The van der Waals surface area contributed by atoms with Crippen LogP contribution in [0.2, 0.25) is 0 Å². The van der Waals surface area contributed by atoms with Crippen molar-refractivity contribution < 1.29 is 22.3 Å². The third-order valence-corrected chi connectivity index (χ3v) is 6.82. The van der Waals surface area contributed by atoms with Gasteiger partial charge in [-0.1, -0.05) is 53.3 Å². The molecule has 7 nitrogen and oxygen atoms in total. The van der Waals surface area contributed by atoms with Crippen LogP contribution in [-0.4, -0.2) is 30.6 Å². The molecule has 3 aromatic rings. The van der Waals surface area contributed by atoms with Gasteiger partial charge in [0.1, 0.15) is 0 Å². The van der Waals surface area contributed by atoms with Crippen molar-refractivity contribution in [3.63, 3.8) is 0 Å². The summed E-state index contributed by atoms with van der Waals surface area (Å²) in [5, 5.41) is 9.85. The largest absolute Gasteiger partial charge is 0.478 e. The number of halogens is 1. The predicted molar refractivity (Wildman–Crippen MR) is 107 cm³/mol. The first-order valence-corrected chi connectivity index (χ1v) is 11.1. The first kappa shape index (κ1) is 20.9. The van der Waals surface area contributed by atoms with Crippen LogP contribution < -0.4 is 10.1 Å². The SMILES string of the molecule is Cc1cccc(CS(=O)(=O)c2nnc(NC(=O)C(C)Oc3ccccc3F)s2)c1. The van der Waals surface area contributed by atoms with E-state index in [9.17, 15) is 17.6 Å². The lowest BCUT2D eigenvalue weighted by Gasteiger charge is -2.13. The molecular formula is C19H18FN3O4S2. The number of hydrogen-bond donors (Lipinski definition) is 1. The number of aryl methyl sites for hydroxylation is 1. The van der Waals surface area contributed by atoms with E-state index < -0.39 is 27.7 Å². The van der Waals surface area contributed by atoms with Crippen molar-refractivity contribution in [1.29, 1.82) is 0 Å². The van der Waals surface area contributed by atoms with Gasteiger partial charge < -0.3 is 4.74 Å². The van der Waals surface area contributed by atoms with Crippen LogP contribution in [0.1, 0.15) is 18.1 Å². The summed E-state index contributed by atoms with van der Waals surface area (Å²) in [6.45, 7) is 3.32. The Balaban J connectivity index is 1.66. The minimum Gasteiger partial charge on any atom is -0.478 e. The fourth-order valence-corrected chi connectivity index (χ4v) is 4.77. The van der Waals surface area contributed by atoms with E-state index in [0.29, 0.717) is 5.56 Å². The molecule has 3 rings (SSSR count). The molecule has 10 heteroatoms. The molecule has 0 aliphatic heterocycles. The average Bonchev–Trinajstić information content (AvgIpc) is 3.13. The third-order valence-electron chi connectivity index (χ3n) is 3.85. The summed E-state index contributed by atoms with van der Waals surface area (Å²) in [6.07, 6.45) is -1.02. The van der Waals surface area contributed by atoms with Crippen molar-refractivity contribution in [2.75, 3.05) is 5.32 Å². The van der Waals surface area contributed by atoms with Crippen LogP contribution in [0.4, 0.5) is 9.52 Å². The van der Waals surface area contributed by atoms with Gasteiger partial charge in [0.25, 0.3) is 5.91 Å². The summed E-state index contributed by atoms with van der Waals surface area (Å²) in [4.78, 5) is 12.2. The minimum atomic E-state index is -3.71. The molecule has 1 N–H and O–H groups in total. The summed E-state index contributed by atoms with van der Waals surface area (Å²) in [6, 6.07) is 12.9. The molecule has 1 atom stereocenters. The Hall–Kier alpha value is -2.85. The van der Waals surface area contributed by atoms with Crippen LogP contribution >= 0.6 is 11.3 Å². The summed E-state index contributed by atoms with van der Waals surface area (Å²) in [5.74, 6) is -1.47. The maximum absolute atomic E-state index is 13.6. The van der Waals surface area contributed by atoms with Gasteiger partial charge in [0.2, 0.25) is 19.3 Å². The molecule has 2 aromatic carbocycles. The number of benzene rings is 2. The number of sulfone groups is 1. The maximum Gasteiger partial charge on any atom is 0.266 e. The highest BCUT2D eigenvalue weighted by atomic mass is 32.2. The van der Waals surface area contributed by atoms with Crippen LogP contribution in [0.5, 0.6) is 5.75 Å². The van der Waals surface area contributed by atoms with E-state index in [1.165, 1.54) is 25.1 Å². The van der Waals surface area contributed by atoms with Crippen molar-refractivity contribution in [3.8, 4) is 5.75 Å². The van der Waals surface area contributed by atoms with E-state index >= 15 is 0 Å². The van der Waals surface area contributed by atoms with Crippen LogP contribution in [-0.2, 0) is 20.4 Å². The molecule has 0 saturated carbocycles. The quantitative estimate of drug-likeness (QED) is 0.572. The zero-order valence-corrected chi connectivity index (χ0v) is 17.3. The number of anilines is 1. The van der Waals surface area contributed by atoms with Gasteiger partial charge in [-0.2, -0.15) is 0 Å². The van der Waals surface area contributed by atoms with Gasteiger partial charge >= 0.3 is 0 Å². The molecule has 1 amide bonds. The Morgan fingerprint density at radius 1 is 1.21 bits per heavy atom. The molecule has 0 saturated heterocycles. The molecule has 0 fully saturated rings. The van der Waals surface area contributed by atoms with E-state index in [0.717, 1.165) is 16.9 Å². The first-order valence-electron chi connectivity index (χ1n) is 8.58. The van der Waals surface area contributed by atoms with Gasteiger partial charge in [-0.3, -0.25) is 10.1 Å². The molecule has 0 aliphatic carbocycles. The van der Waals surface area contributed by atoms with Gasteiger partial charge in [-0.25, -0.2) is 12.8 Å². The normalized spacial score (nSPS) is 12.4. The first-order chi connectivity index (χ1) is 13.7. The van der Waals surface area contributed by atoms with Crippen LogP contribution in [0.25, 0.3) is 0 Å². The molecule has 1 unspecified atom stereocenters. The third kappa shape index (κ3) is 5.36. The summed E-state index contributed by atoms with van der Waals surface area (Å²) in [5.41, 5.74) is 1.59. The van der Waals surface area contributed by atoms with E-state index in [1.807, 2.05) is 13.0 Å². The van der Waals surface area contributed by atoms with Crippen molar-refractivity contribution in [2.24, 2.45) is 0 Å². The van der Waals surface area contributed by atoms with E-state index in [2.05, 4.69) is 15.5 Å². The zero-order chi connectivity index (χ0) is 21.0. The van der Waals surface area contributed by atoms with E-state index in [-0.39, 0.29) is 21.0 Å². The Kier molecular flexibility index (Phi) is 6.23. The number of aromatic nitrogens is 2. The number of nitrogens with one attached hydrogen (secondary N) is 1. The molecular weight excluding hydrogens is 417 g/mol. The van der Waals surface area contributed by atoms with Gasteiger partial charge in [0, 0.05) is 0 Å². The van der Waals surface area contributed by atoms with Gasteiger partial charge in [0.05, 0.1) is 5.75 Å². The lowest BCUT2D eigenvalue weighted by Crippen LogP contribution is -2.30. The maximum atomic E-state index is 13.6. The average molecular weight is 436 g/mol. The second-order valence-corrected chi connectivity index (χ2v) is 9.44. The van der Waals surface area contributed by atoms with Crippen LogP contribution in [0.3, 0.4) is 0 Å². The molecule has 0 bridgehead atoms. The Labute approximate surface area is 171 Å². The number of nitrogens with zero attached hydrogens (tertiary/aromatic N) is 2. The number of rotatable bonds is 7. The number of carbonyl (C=O) groups excluding carboxylic acids is 1. The Morgan fingerprint density at radius 3 is 2.69 bits per heavy atom. The summed E-state index contributed by atoms with van der Waals surface area (Å²) in [7, 11) is -3.71. The fourth-order valence-electron chi connectivity index (χ4n) is 2.46. The standard InChI is InChI=1S/C19H18FN3O4S2/c1-12-6-5-7-14(10-12)11-29(25,26)19-23-22-18(28-19)21-17(24)13(2)27-16-9-4-3-8-15(16)20/h3-10,13H,11H2,1-2H3,(H,21,22,24). The lowest BCUT2D eigenvalue weighted by atomic mass is 10.2. The molecule has 29 heavy (non-hydrogen) atoms. The molecule has 152 valence electrons. The van der Waals surface area contributed by atoms with Crippen LogP contribution in [0.15, 0.2) is 52.9 Å². The minimum absolute atomic E-state index is 0.0156. The van der Waals surface area contributed by atoms with Crippen molar-refractivity contribution in [2.45, 2.75) is 30.0 Å². The Morgan fingerprint density at radius 2 is 1.97 bits per heavy atom. The van der Waals surface area contributed by atoms with Gasteiger partial charge in [0.15, 0.2) is 17.7 Å². The second-order valence-electron chi connectivity index (χ2n) is 6.30. The highest BCUT2D eigenvalue weighted by Crippen LogP contribution is 2.24. The number of ether oxygens (including phenoxy) is 1. The van der Waals surface area contributed by atoms with Gasteiger partial charge in [-0.05, 0) is 31.5 Å². The fraction of sp³-hybridized carbons (Fsp3) is 0.211.